The number of carbonyl (C=O) groups is 2. The van der Waals surface area contributed by atoms with Gasteiger partial charge in [0.05, 0.1) is 6.26 Å². The Hall–Kier alpha value is -3.61. The van der Waals surface area contributed by atoms with Crippen LogP contribution in [-0.4, -0.2) is 52.4 Å². The van der Waals surface area contributed by atoms with Gasteiger partial charge in [-0.05, 0) is 49.1 Å². The summed E-state index contributed by atoms with van der Waals surface area (Å²) in [5, 5.41) is 0. The SMILES string of the molecule is Cc1ccn(CCc2ccccc2)c(=O)c1C(=O)N1CCCN(C(=O)c2ccco2)CC1. The molecule has 0 unspecified atom stereocenters. The number of pyridine rings is 1. The van der Waals surface area contributed by atoms with Crippen LogP contribution < -0.4 is 5.56 Å². The first-order chi connectivity index (χ1) is 15.5. The van der Waals surface area contributed by atoms with Crippen LogP contribution in [-0.2, 0) is 13.0 Å². The fraction of sp³-hybridized carbons (Fsp3) is 0.320. The van der Waals surface area contributed by atoms with Crippen molar-refractivity contribution in [1.29, 1.82) is 0 Å². The van der Waals surface area contributed by atoms with Crippen molar-refractivity contribution in [3.8, 4) is 0 Å². The van der Waals surface area contributed by atoms with Gasteiger partial charge in [-0.15, -0.1) is 0 Å². The first-order valence-electron chi connectivity index (χ1n) is 10.9. The lowest BCUT2D eigenvalue weighted by molar-refractivity contribution is 0.0699. The summed E-state index contributed by atoms with van der Waals surface area (Å²) < 4.78 is 6.83. The van der Waals surface area contributed by atoms with E-state index in [2.05, 4.69) is 0 Å². The molecule has 2 aromatic heterocycles. The second kappa shape index (κ2) is 9.68. The topological polar surface area (TPSA) is 75.8 Å². The van der Waals surface area contributed by atoms with E-state index in [-0.39, 0.29) is 22.9 Å². The molecule has 1 fully saturated rings. The van der Waals surface area contributed by atoms with E-state index in [1.807, 2.05) is 36.4 Å². The van der Waals surface area contributed by atoms with Crippen LogP contribution in [0.4, 0.5) is 0 Å². The van der Waals surface area contributed by atoms with Crippen LogP contribution in [0.25, 0.3) is 0 Å². The van der Waals surface area contributed by atoms with Crippen molar-refractivity contribution in [2.24, 2.45) is 0 Å². The van der Waals surface area contributed by atoms with Gasteiger partial charge in [0.25, 0.3) is 17.4 Å². The number of nitrogens with zero attached hydrogens (tertiary/aromatic N) is 3. The zero-order valence-corrected chi connectivity index (χ0v) is 18.2. The minimum Gasteiger partial charge on any atom is -0.459 e. The lowest BCUT2D eigenvalue weighted by Crippen LogP contribution is -2.40. The molecule has 3 heterocycles. The monoisotopic (exact) mass is 433 g/mol. The average molecular weight is 434 g/mol. The summed E-state index contributed by atoms with van der Waals surface area (Å²) in [4.78, 5) is 42.4. The van der Waals surface area contributed by atoms with Crippen molar-refractivity contribution in [2.45, 2.75) is 26.3 Å². The smallest absolute Gasteiger partial charge is 0.289 e. The van der Waals surface area contributed by atoms with Gasteiger partial charge in [0.1, 0.15) is 5.56 Å². The summed E-state index contributed by atoms with van der Waals surface area (Å²) in [5.74, 6) is -0.151. The minimum absolute atomic E-state index is 0.177. The van der Waals surface area contributed by atoms with E-state index in [1.165, 1.54) is 6.26 Å². The third-order valence-electron chi connectivity index (χ3n) is 5.87. The predicted molar refractivity (Wildman–Crippen MR) is 121 cm³/mol. The van der Waals surface area contributed by atoms with E-state index < -0.39 is 0 Å². The van der Waals surface area contributed by atoms with Gasteiger partial charge in [-0.1, -0.05) is 30.3 Å². The van der Waals surface area contributed by atoms with Gasteiger partial charge in [-0.2, -0.15) is 0 Å². The van der Waals surface area contributed by atoms with E-state index in [1.54, 1.807) is 39.6 Å². The van der Waals surface area contributed by atoms with Crippen LogP contribution in [0.3, 0.4) is 0 Å². The van der Waals surface area contributed by atoms with Gasteiger partial charge in [0, 0.05) is 38.9 Å². The van der Waals surface area contributed by atoms with Crippen LogP contribution in [0, 0.1) is 6.92 Å². The second-order valence-corrected chi connectivity index (χ2v) is 8.02. The molecule has 0 spiro atoms. The van der Waals surface area contributed by atoms with Crippen molar-refractivity contribution in [3.63, 3.8) is 0 Å². The number of hydrogen-bond acceptors (Lipinski definition) is 4. The molecule has 1 aliphatic rings. The molecule has 0 radical (unpaired) electrons. The predicted octanol–water partition coefficient (Wildman–Crippen LogP) is 2.98. The zero-order chi connectivity index (χ0) is 22.5. The minimum atomic E-state index is -0.270. The molecule has 7 heteroatoms. The molecule has 3 aromatic rings. The fourth-order valence-corrected chi connectivity index (χ4v) is 4.03. The van der Waals surface area contributed by atoms with Crippen molar-refractivity contribution >= 4 is 11.8 Å². The summed E-state index contributed by atoms with van der Waals surface area (Å²) in [6, 6.07) is 15.1. The van der Waals surface area contributed by atoms with Crippen LogP contribution in [0.5, 0.6) is 0 Å². The lowest BCUT2D eigenvalue weighted by atomic mass is 10.1. The lowest BCUT2D eigenvalue weighted by Gasteiger charge is -2.22. The highest BCUT2D eigenvalue weighted by Gasteiger charge is 2.27. The normalized spacial score (nSPS) is 14.3. The van der Waals surface area contributed by atoms with Gasteiger partial charge < -0.3 is 18.8 Å². The Labute approximate surface area is 186 Å². The third-order valence-corrected chi connectivity index (χ3v) is 5.87. The number of amides is 2. The first kappa shape index (κ1) is 21.6. The van der Waals surface area contributed by atoms with Crippen LogP contribution in [0.15, 0.2) is 70.2 Å². The number of rotatable bonds is 5. The number of carbonyl (C=O) groups excluding carboxylic acids is 2. The summed E-state index contributed by atoms with van der Waals surface area (Å²) in [6.07, 6.45) is 4.59. The molecule has 0 atom stereocenters. The molecule has 0 saturated carbocycles. The van der Waals surface area contributed by atoms with E-state index in [9.17, 15) is 14.4 Å². The third kappa shape index (κ3) is 4.66. The molecular formula is C25H27N3O4. The van der Waals surface area contributed by atoms with E-state index in [0.717, 1.165) is 5.56 Å². The van der Waals surface area contributed by atoms with Crippen molar-refractivity contribution in [1.82, 2.24) is 14.4 Å². The molecule has 2 amide bonds. The number of aryl methyl sites for hydroxylation is 3. The number of furan rings is 1. The molecule has 0 N–H and O–H groups in total. The highest BCUT2D eigenvalue weighted by molar-refractivity contribution is 5.95. The number of aromatic nitrogens is 1. The number of hydrogen-bond donors (Lipinski definition) is 0. The van der Waals surface area contributed by atoms with E-state index in [4.69, 9.17) is 4.42 Å². The quantitative estimate of drug-likeness (QED) is 0.620. The number of benzene rings is 1. The van der Waals surface area contributed by atoms with Crippen LogP contribution >= 0.6 is 0 Å². The van der Waals surface area contributed by atoms with Crippen molar-refractivity contribution in [2.75, 3.05) is 26.2 Å². The van der Waals surface area contributed by atoms with Gasteiger partial charge in [0.2, 0.25) is 0 Å². The molecule has 166 valence electrons. The van der Waals surface area contributed by atoms with Crippen LogP contribution in [0.2, 0.25) is 0 Å². The molecule has 32 heavy (non-hydrogen) atoms. The molecule has 1 saturated heterocycles. The van der Waals surface area contributed by atoms with E-state index >= 15 is 0 Å². The largest absolute Gasteiger partial charge is 0.459 e. The Kier molecular flexibility index (Phi) is 6.54. The molecule has 1 aromatic carbocycles. The summed E-state index contributed by atoms with van der Waals surface area (Å²) >= 11 is 0. The first-order valence-corrected chi connectivity index (χ1v) is 10.9. The summed E-state index contributed by atoms with van der Waals surface area (Å²) in [5.41, 5.74) is 1.76. The van der Waals surface area contributed by atoms with Crippen molar-refractivity contribution < 1.29 is 14.0 Å². The Balaban J connectivity index is 1.47. The van der Waals surface area contributed by atoms with Gasteiger partial charge in [0.15, 0.2) is 5.76 Å². The van der Waals surface area contributed by atoms with Gasteiger partial charge in [-0.3, -0.25) is 14.4 Å². The van der Waals surface area contributed by atoms with Crippen LogP contribution in [0.1, 0.15) is 38.5 Å². The maximum atomic E-state index is 13.3. The molecular weight excluding hydrogens is 406 g/mol. The maximum Gasteiger partial charge on any atom is 0.289 e. The van der Waals surface area contributed by atoms with Crippen molar-refractivity contribution in [3.05, 3.63) is 93.8 Å². The fourth-order valence-electron chi connectivity index (χ4n) is 4.03. The zero-order valence-electron chi connectivity index (χ0n) is 18.2. The molecule has 1 aliphatic heterocycles. The average Bonchev–Trinajstić information content (AvgIpc) is 3.23. The molecule has 0 aliphatic carbocycles. The highest BCUT2D eigenvalue weighted by atomic mass is 16.3. The highest BCUT2D eigenvalue weighted by Crippen LogP contribution is 2.13. The summed E-state index contributed by atoms with van der Waals surface area (Å²) in [7, 11) is 0. The molecule has 0 bridgehead atoms. The van der Waals surface area contributed by atoms with Gasteiger partial charge in [-0.25, -0.2) is 0 Å². The Morgan fingerprint density at radius 1 is 0.906 bits per heavy atom. The Morgan fingerprint density at radius 3 is 2.31 bits per heavy atom. The van der Waals surface area contributed by atoms with E-state index in [0.29, 0.717) is 56.9 Å². The maximum absolute atomic E-state index is 13.3. The molecule has 7 nitrogen and oxygen atoms in total. The molecule has 4 rings (SSSR count). The van der Waals surface area contributed by atoms with Gasteiger partial charge >= 0.3 is 0 Å². The Morgan fingerprint density at radius 2 is 1.62 bits per heavy atom. The standard InChI is InChI=1S/C25H27N3O4/c1-19-10-14-28(15-11-20-7-3-2-4-8-20)25(31)22(19)24(30)27-13-6-12-26(16-17-27)23(29)21-9-5-18-32-21/h2-5,7-10,14,18H,6,11-13,15-17H2,1H3. The summed E-state index contributed by atoms with van der Waals surface area (Å²) in [6.45, 7) is 4.12. The Bertz CT molecular complexity index is 1140. The second-order valence-electron chi connectivity index (χ2n) is 8.02.